The Labute approximate surface area is 72.4 Å². The van der Waals surface area contributed by atoms with Crippen LogP contribution in [0.15, 0.2) is 0 Å². The molecule has 0 spiro atoms. The second kappa shape index (κ2) is 3.31. The molecule has 5 heteroatoms. The monoisotopic (exact) mass is 259 g/mol. The zero-order chi connectivity index (χ0) is 7.72. The van der Waals surface area contributed by atoms with Crippen molar-refractivity contribution in [1.82, 2.24) is 5.32 Å². The minimum Gasteiger partial charge on any atom is -0.395 e. The van der Waals surface area contributed by atoms with E-state index in [2.05, 4.69) is 5.32 Å². The van der Waals surface area contributed by atoms with Gasteiger partial charge in [-0.15, -0.1) is 0 Å². The van der Waals surface area contributed by atoms with Crippen LogP contribution in [0.1, 0.15) is 0 Å². The molecular formula is C5H10INO3. The lowest BCUT2D eigenvalue weighted by Gasteiger charge is -2.11. The highest BCUT2D eigenvalue weighted by Gasteiger charge is 2.38. The summed E-state index contributed by atoms with van der Waals surface area (Å²) in [4.78, 5) is 0. The van der Waals surface area contributed by atoms with Gasteiger partial charge in [0.05, 0.1) is 22.8 Å². The summed E-state index contributed by atoms with van der Waals surface area (Å²) >= 11 is 1.98. The van der Waals surface area contributed by atoms with E-state index in [4.69, 9.17) is 15.3 Å². The van der Waals surface area contributed by atoms with Crippen molar-refractivity contribution in [3.63, 3.8) is 0 Å². The SMILES string of the molecule is OC[C@H]1N[C@@H](I)[C@@H](O)[C@@H]1O. The third-order valence-electron chi connectivity index (χ3n) is 1.63. The molecule has 1 rings (SSSR count). The predicted octanol–water partition coefficient (Wildman–Crippen LogP) is -1.57. The first-order valence-corrected chi connectivity index (χ1v) is 4.28. The van der Waals surface area contributed by atoms with Crippen LogP contribution in [0.3, 0.4) is 0 Å². The second-order valence-corrected chi connectivity index (χ2v) is 3.68. The average molecular weight is 259 g/mol. The van der Waals surface area contributed by atoms with Gasteiger partial charge in [0.2, 0.25) is 0 Å². The largest absolute Gasteiger partial charge is 0.395 e. The first-order chi connectivity index (χ1) is 4.66. The normalized spacial score (nSPS) is 48.0. The molecule has 1 aliphatic rings. The first kappa shape index (κ1) is 8.66. The molecule has 0 amide bonds. The molecular weight excluding hydrogens is 249 g/mol. The maximum Gasteiger partial charge on any atom is 0.106 e. The number of halogens is 1. The maximum absolute atomic E-state index is 9.15. The molecule has 1 heterocycles. The zero-order valence-electron chi connectivity index (χ0n) is 5.24. The van der Waals surface area contributed by atoms with Crippen LogP contribution >= 0.6 is 22.6 Å². The number of hydrogen-bond acceptors (Lipinski definition) is 4. The van der Waals surface area contributed by atoms with Crippen molar-refractivity contribution in [2.75, 3.05) is 6.61 Å². The van der Waals surface area contributed by atoms with Crippen molar-refractivity contribution in [2.24, 2.45) is 0 Å². The van der Waals surface area contributed by atoms with Gasteiger partial charge in [0.1, 0.15) is 6.10 Å². The van der Waals surface area contributed by atoms with Crippen molar-refractivity contribution >= 4 is 22.6 Å². The molecule has 4 nitrogen and oxygen atoms in total. The van der Waals surface area contributed by atoms with Crippen LogP contribution in [-0.4, -0.2) is 44.2 Å². The van der Waals surface area contributed by atoms with Gasteiger partial charge in [-0.05, 0) is 0 Å². The van der Waals surface area contributed by atoms with Crippen molar-refractivity contribution in [3.05, 3.63) is 0 Å². The lowest BCUT2D eigenvalue weighted by atomic mass is 10.1. The van der Waals surface area contributed by atoms with Crippen molar-refractivity contribution in [1.29, 1.82) is 0 Å². The fraction of sp³-hybridized carbons (Fsp3) is 1.00. The Balaban J connectivity index is 2.53. The van der Waals surface area contributed by atoms with Crippen LogP contribution in [0.4, 0.5) is 0 Å². The molecule has 0 aromatic carbocycles. The van der Waals surface area contributed by atoms with Gasteiger partial charge in [-0.3, -0.25) is 5.32 Å². The Hall–Kier alpha value is 0.570. The van der Waals surface area contributed by atoms with E-state index in [0.717, 1.165) is 0 Å². The Morgan fingerprint density at radius 2 is 1.90 bits per heavy atom. The molecule has 1 saturated heterocycles. The molecule has 1 fully saturated rings. The van der Waals surface area contributed by atoms with Gasteiger partial charge in [0.25, 0.3) is 0 Å². The predicted molar refractivity (Wildman–Crippen MR) is 43.8 cm³/mol. The molecule has 1 aliphatic heterocycles. The Kier molecular flexibility index (Phi) is 2.87. The number of hydrogen-bond donors (Lipinski definition) is 4. The minimum absolute atomic E-state index is 0.141. The van der Waals surface area contributed by atoms with Gasteiger partial charge < -0.3 is 15.3 Å². The lowest BCUT2D eigenvalue weighted by Crippen LogP contribution is -2.35. The van der Waals surface area contributed by atoms with Crippen LogP contribution in [0, 0.1) is 0 Å². The van der Waals surface area contributed by atoms with Crippen molar-refractivity contribution in [3.8, 4) is 0 Å². The van der Waals surface area contributed by atoms with E-state index in [1.54, 1.807) is 0 Å². The molecule has 0 radical (unpaired) electrons. The molecule has 4 atom stereocenters. The highest BCUT2D eigenvalue weighted by molar-refractivity contribution is 14.1. The summed E-state index contributed by atoms with van der Waals surface area (Å²) in [6.45, 7) is -0.141. The third kappa shape index (κ3) is 1.42. The quantitative estimate of drug-likeness (QED) is 0.261. The smallest absolute Gasteiger partial charge is 0.106 e. The van der Waals surface area contributed by atoms with Gasteiger partial charge in [-0.25, -0.2) is 0 Å². The zero-order valence-corrected chi connectivity index (χ0v) is 7.39. The number of aliphatic hydroxyl groups excluding tert-OH is 3. The Morgan fingerprint density at radius 3 is 2.10 bits per heavy atom. The fourth-order valence-corrected chi connectivity index (χ4v) is 1.86. The minimum atomic E-state index is -0.841. The fourth-order valence-electron chi connectivity index (χ4n) is 0.974. The van der Waals surface area contributed by atoms with Gasteiger partial charge in [-0.2, -0.15) is 0 Å². The van der Waals surface area contributed by atoms with E-state index in [-0.39, 0.29) is 16.7 Å². The number of alkyl halides is 1. The average Bonchev–Trinajstić information content (AvgIpc) is 2.17. The number of rotatable bonds is 1. The van der Waals surface area contributed by atoms with Gasteiger partial charge in [0, 0.05) is 0 Å². The third-order valence-corrected chi connectivity index (χ3v) is 2.73. The van der Waals surface area contributed by atoms with Crippen molar-refractivity contribution < 1.29 is 15.3 Å². The van der Waals surface area contributed by atoms with Gasteiger partial charge in [0.15, 0.2) is 0 Å². The molecule has 0 aromatic rings. The topological polar surface area (TPSA) is 72.7 Å². The Morgan fingerprint density at radius 1 is 1.30 bits per heavy atom. The van der Waals surface area contributed by atoms with Crippen LogP contribution in [0.2, 0.25) is 0 Å². The van der Waals surface area contributed by atoms with E-state index >= 15 is 0 Å². The first-order valence-electron chi connectivity index (χ1n) is 3.04. The molecule has 0 bridgehead atoms. The van der Waals surface area contributed by atoms with Gasteiger partial charge in [-0.1, -0.05) is 22.6 Å². The van der Waals surface area contributed by atoms with Crippen LogP contribution in [0.25, 0.3) is 0 Å². The summed E-state index contributed by atoms with van der Waals surface area (Å²) in [7, 11) is 0. The van der Waals surface area contributed by atoms with Gasteiger partial charge >= 0.3 is 0 Å². The summed E-state index contributed by atoms with van der Waals surface area (Å²) in [6.07, 6.45) is -1.61. The summed E-state index contributed by atoms with van der Waals surface area (Å²) in [6, 6.07) is -0.378. The summed E-state index contributed by atoms with van der Waals surface area (Å²) in [5.41, 5.74) is 0. The van der Waals surface area contributed by atoms with E-state index in [1.165, 1.54) is 0 Å². The Bertz CT molecular complexity index is 123. The molecule has 10 heavy (non-hydrogen) atoms. The number of nitrogens with one attached hydrogen (secondary N) is 1. The highest BCUT2D eigenvalue weighted by atomic mass is 127. The lowest BCUT2D eigenvalue weighted by molar-refractivity contribution is 0.0281. The molecule has 0 aromatic heterocycles. The number of aliphatic hydroxyl groups is 3. The van der Waals surface area contributed by atoms with E-state index < -0.39 is 12.2 Å². The summed E-state index contributed by atoms with van der Waals surface area (Å²) in [5.74, 6) is 0. The van der Waals surface area contributed by atoms with Crippen LogP contribution < -0.4 is 5.32 Å². The van der Waals surface area contributed by atoms with E-state index in [9.17, 15) is 0 Å². The molecule has 0 unspecified atom stereocenters. The van der Waals surface area contributed by atoms with E-state index in [1.807, 2.05) is 22.6 Å². The molecule has 0 saturated carbocycles. The second-order valence-electron chi connectivity index (χ2n) is 2.34. The van der Waals surface area contributed by atoms with E-state index in [0.29, 0.717) is 0 Å². The highest BCUT2D eigenvalue weighted by Crippen LogP contribution is 2.18. The van der Waals surface area contributed by atoms with Crippen molar-refractivity contribution in [2.45, 2.75) is 22.3 Å². The molecule has 60 valence electrons. The standard InChI is InChI=1S/C5H10INO3/c6-5-4(10)3(9)2(1-8)7-5/h2-5,7-10H,1H2/t2-,3-,4+,5-/m1/s1. The molecule has 4 N–H and O–H groups in total. The summed E-state index contributed by atoms with van der Waals surface area (Å²) < 4.78 is -0.162. The molecule has 0 aliphatic carbocycles. The van der Waals surface area contributed by atoms with Crippen LogP contribution in [-0.2, 0) is 0 Å². The summed E-state index contributed by atoms with van der Waals surface area (Å²) in [5, 5.41) is 29.8. The van der Waals surface area contributed by atoms with Crippen LogP contribution in [0.5, 0.6) is 0 Å². The maximum atomic E-state index is 9.15.